The first-order valence-corrected chi connectivity index (χ1v) is 7.23. The Morgan fingerprint density at radius 2 is 1.67 bits per heavy atom. The average molecular weight is 280 g/mol. The first-order valence-electron chi connectivity index (χ1n) is 7.23. The van der Waals surface area contributed by atoms with Gasteiger partial charge in [0, 0.05) is 12.2 Å². The summed E-state index contributed by atoms with van der Waals surface area (Å²) in [5, 5.41) is 11.9. The Hall–Kier alpha value is -2.47. The number of hydrogen-bond acceptors (Lipinski definition) is 3. The Kier molecular flexibility index (Phi) is 5.66. The summed E-state index contributed by atoms with van der Waals surface area (Å²) in [4.78, 5) is 0. The van der Waals surface area contributed by atoms with Crippen molar-refractivity contribution in [3.63, 3.8) is 0 Å². The summed E-state index contributed by atoms with van der Waals surface area (Å²) in [6.45, 7) is 3.05. The molecule has 21 heavy (non-hydrogen) atoms. The lowest BCUT2D eigenvalue weighted by Crippen LogP contribution is -2.00. The smallest absolute Gasteiger partial charge is 0.174 e. The lowest BCUT2D eigenvalue weighted by atomic mass is 10.1. The Morgan fingerprint density at radius 1 is 1.00 bits per heavy atom. The first-order chi connectivity index (χ1) is 10.3. The zero-order valence-corrected chi connectivity index (χ0v) is 12.3. The van der Waals surface area contributed by atoms with Crippen molar-refractivity contribution in [2.75, 3.05) is 11.9 Å². The fraction of sp³-hybridized carbons (Fsp3) is 0.278. The van der Waals surface area contributed by atoms with Crippen LogP contribution >= 0.6 is 0 Å². The molecule has 0 fully saturated rings. The van der Waals surface area contributed by atoms with Crippen molar-refractivity contribution in [1.29, 1.82) is 5.26 Å². The number of ether oxygens (including phenoxy) is 1. The molecule has 0 aliphatic rings. The number of benzene rings is 2. The van der Waals surface area contributed by atoms with E-state index in [1.807, 2.05) is 30.3 Å². The number of nitrogens with zero attached hydrogens (tertiary/aromatic N) is 1. The van der Waals surface area contributed by atoms with Crippen LogP contribution in [0.3, 0.4) is 0 Å². The van der Waals surface area contributed by atoms with Gasteiger partial charge in [-0.15, -0.1) is 0 Å². The average Bonchev–Trinajstić information content (AvgIpc) is 2.53. The quantitative estimate of drug-likeness (QED) is 0.828. The molecular weight excluding hydrogens is 260 g/mol. The Morgan fingerprint density at radius 3 is 2.29 bits per heavy atom. The van der Waals surface area contributed by atoms with E-state index in [0.29, 0.717) is 0 Å². The van der Waals surface area contributed by atoms with Crippen molar-refractivity contribution < 1.29 is 4.74 Å². The van der Waals surface area contributed by atoms with E-state index in [9.17, 15) is 0 Å². The van der Waals surface area contributed by atoms with E-state index in [0.717, 1.165) is 24.4 Å². The lowest BCUT2D eigenvalue weighted by Gasteiger charge is -2.08. The molecule has 2 aromatic carbocycles. The van der Waals surface area contributed by atoms with Crippen LogP contribution in [0.1, 0.15) is 24.5 Å². The van der Waals surface area contributed by atoms with Crippen molar-refractivity contribution in [2.24, 2.45) is 0 Å². The van der Waals surface area contributed by atoms with E-state index in [4.69, 9.17) is 10.00 Å². The molecule has 0 aliphatic carbocycles. The standard InChI is InChI=1S/C18H20N2O/c1-2-3-15-4-8-17(9-5-15)20-14-16-6-10-18(11-7-16)21-13-12-19/h4-11,20H,2-3,13-14H2,1H3. The molecule has 1 N–H and O–H groups in total. The van der Waals surface area contributed by atoms with Gasteiger partial charge in [-0.05, 0) is 41.8 Å². The highest BCUT2D eigenvalue weighted by Gasteiger charge is 1.97. The van der Waals surface area contributed by atoms with Crippen molar-refractivity contribution in [1.82, 2.24) is 0 Å². The van der Waals surface area contributed by atoms with Gasteiger partial charge >= 0.3 is 0 Å². The maximum Gasteiger partial charge on any atom is 0.174 e. The summed E-state index contributed by atoms with van der Waals surface area (Å²) >= 11 is 0. The molecule has 0 aromatic heterocycles. The van der Waals surface area contributed by atoms with Gasteiger partial charge in [-0.2, -0.15) is 5.26 Å². The normalized spacial score (nSPS) is 9.90. The highest BCUT2D eigenvalue weighted by Crippen LogP contribution is 2.15. The maximum atomic E-state index is 8.46. The molecule has 2 rings (SSSR count). The summed E-state index contributed by atoms with van der Waals surface area (Å²) in [7, 11) is 0. The molecule has 0 bridgehead atoms. The monoisotopic (exact) mass is 280 g/mol. The summed E-state index contributed by atoms with van der Waals surface area (Å²) in [6.07, 6.45) is 2.30. The van der Waals surface area contributed by atoms with Crippen LogP contribution in [-0.4, -0.2) is 6.61 Å². The summed E-state index contributed by atoms with van der Waals surface area (Å²) in [5.74, 6) is 0.726. The van der Waals surface area contributed by atoms with Gasteiger partial charge in [0.25, 0.3) is 0 Å². The third-order valence-corrected chi connectivity index (χ3v) is 3.22. The molecule has 2 aromatic rings. The first kappa shape index (κ1) is 14.9. The predicted octanol–water partition coefficient (Wildman–Crippen LogP) is 4.15. The summed E-state index contributed by atoms with van der Waals surface area (Å²) < 4.78 is 5.23. The Labute approximate surface area is 126 Å². The number of hydrogen-bond donors (Lipinski definition) is 1. The molecule has 0 atom stereocenters. The van der Waals surface area contributed by atoms with E-state index in [2.05, 4.69) is 36.5 Å². The van der Waals surface area contributed by atoms with E-state index in [-0.39, 0.29) is 6.61 Å². The van der Waals surface area contributed by atoms with E-state index in [1.54, 1.807) is 0 Å². The largest absolute Gasteiger partial charge is 0.479 e. The molecular formula is C18H20N2O. The van der Waals surface area contributed by atoms with Gasteiger partial charge in [-0.25, -0.2) is 0 Å². The molecule has 0 radical (unpaired) electrons. The number of nitrogens with one attached hydrogen (secondary N) is 1. The number of aryl methyl sites for hydroxylation is 1. The van der Waals surface area contributed by atoms with Gasteiger partial charge in [0.05, 0.1) is 0 Å². The van der Waals surface area contributed by atoms with Crippen LogP contribution in [0.5, 0.6) is 5.75 Å². The van der Waals surface area contributed by atoms with Crippen molar-refractivity contribution in [2.45, 2.75) is 26.3 Å². The Bertz CT molecular complexity index is 582. The molecule has 0 spiro atoms. The molecule has 0 heterocycles. The van der Waals surface area contributed by atoms with Crippen LogP contribution in [-0.2, 0) is 13.0 Å². The molecule has 3 heteroatoms. The molecule has 0 unspecified atom stereocenters. The van der Waals surface area contributed by atoms with Gasteiger partial charge in [0.2, 0.25) is 0 Å². The second kappa shape index (κ2) is 7.96. The van der Waals surface area contributed by atoms with Crippen LogP contribution in [0.4, 0.5) is 5.69 Å². The lowest BCUT2D eigenvalue weighted by molar-refractivity contribution is 0.368. The van der Waals surface area contributed by atoms with E-state index >= 15 is 0 Å². The van der Waals surface area contributed by atoms with Gasteiger partial charge in [-0.1, -0.05) is 37.6 Å². The van der Waals surface area contributed by atoms with Crippen molar-refractivity contribution >= 4 is 5.69 Å². The van der Waals surface area contributed by atoms with Crippen LogP contribution in [0, 0.1) is 11.3 Å². The van der Waals surface area contributed by atoms with Gasteiger partial charge < -0.3 is 10.1 Å². The molecule has 0 saturated heterocycles. The van der Waals surface area contributed by atoms with Crippen LogP contribution in [0.25, 0.3) is 0 Å². The van der Waals surface area contributed by atoms with Gasteiger partial charge in [0.15, 0.2) is 6.61 Å². The van der Waals surface area contributed by atoms with Crippen molar-refractivity contribution in [3.05, 3.63) is 59.7 Å². The van der Waals surface area contributed by atoms with Crippen LogP contribution in [0.15, 0.2) is 48.5 Å². The third-order valence-electron chi connectivity index (χ3n) is 3.22. The molecule has 3 nitrogen and oxygen atoms in total. The van der Waals surface area contributed by atoms with E-state index < -0.39 is 0 Å². The summed E-state index contributed by atoms with van der Waals surface area (Å²) in [5.41, 5.74) is 3.68. The Balaban J connectivity index is 1.86. The van der Waals surface area contributed by atoms with Crippen LogP contribution < -0.4 is 10.1 Å². The number of rotatable bonds is 7. The topological polar surface area (TPSA) is 45.0 Å². The van der Waals surface area contributed by atoms with E-state index in [1.165, 1.54) is 17.5 Å². The second-order valence-corrected chi connectivity index (χ2v) is 4.89. The SMILES string of the molecule is CCCc1ccc(NCc2ccc(OCC#N)cc2)cc1. The van der Waals surface area contributed by atoms with Crippen molar-refractivity contribution in [3.8, 4) is 11.8 Å². The zero-order chi connectivity index (χ0) is 14.9. The minimum absolute atomic E-state index is 0.0850. The minimum atomic E-state index is 0.0850. The highest BCUT2D eigenvalue weighted by molar-refractivity contribution is 5.45. The highest BCUT2D eigenvalue weighted by atomic mass is 16.5. The third kappa shape index (κ3) is 4.85. The molecule has 108 valence electrons. The molecule has 0 saturated carbocycles. The fourth-order valence-electron chi connectivity index (χ4n) is 2.10. The zero-order valence-electron chi connectivity index (χ0n) is 12.3. The number of nitriles is 1. The number of anilines is 1. The minimum Gasteiger partial charge on any atom is -0.479 e. The second-order valence-electron chi connectivity index (χ2n) is 4.89. The molecule has 0 amide bonds. The van der Waals surface area contributed by atoms with Gasteiger partial charge in [-0.3, -0.25) is 0 Å². The maximum absolute atomic E-state index is 8.46. The fourth-order valence-corrected chi connectivity index (χ4v) is 2.10. The van der Waals surface area contributed by atoms with Gasteiger partial charge in [0.1, 0.15) is 11.8 Å². The predicted molar refractivity (Wildman–Crippen MR) is 85.3 cm³/mol. The molecule has 0 aliphatic heterocycles. The van der Waals surface area contributed by atoms with Crippen LogP contribution in [0.2, 0.25) is 0 Å². The summed E-state index contributed by atoms with van der Waals surface area (Å²) in [6, 6.07) is 18.3.